The molecule has 0 saturated carbocycles. The second kappa shape index (κ2) is 4.18. The summed E-state index contributed by atoms with van der Waals surface area (Å²) in [6, 6.07) is -0.862. The fraction of sp³-hybridized carbons (Fsp3) is 0.750. The van der Waals surface area contributed by atoms with E-state index in [1.165, 1.54) is 0 Å². The van der Waals surface area contributed by atoms with E-state index < -0.39 is 33.5 Å². The average Bonchev–Trinajstić information content (AvgIpc) is 2.47. The van der Waals surface area contributed by atoms with Crippen LogP contribution in [0.15, 0.2) is 0 Å². The lowest BCUT2D eigenvalue weighted by Gasteiger charge is -2.20. The highest BCUT2D eigenvalue weighted by molar-refractivity contribution is 7.91. The number of likely N-dealkylation sites (tertiary alicyclic amines) is 1. The van der Waals surface area contributed by atoms with Crippen LogP contribution in [0.1, 0.15) is 12.8 Å². The molecular formula is C8H13NO5S. The van der Waals surface area contributed by atoms with Gasteiger partial charge in [-0.05, 0) is 12.8 Å². The van der Waals surface area contributed by atoms with Gasteiger partial charge in [0.2, 0.25) is 5.91 Å². The van der Waals surface area contributed by atoms with Crippen molar-refractivity contribution in [2.75, 3.05) is 18.6 Å². The minimum absolute atomic E-state index is 0.325. The first-order valence-electron chi connectivity index (χ1n) is 4.51. The standard InChI is InChI=1S/C8H13NO5S/c1-15(13,14)5-7(10)9-4-2-3-6(9)8(11)12/h6H,2-5H2,1H3,(H,11,12)/t6-/m0/s1. The molecule has 1 amide bonds. The topological polar surface area (TPSA) is 91.8 Å². The SMILES string of the molecule is CS(=O)(=O)CC(=O)N1CCC[C@H]1C(=O)O. The number of nitrogens with zero attached hydrogens (tertiary/aromatic N) is 1. The third kappa shape index (κ3) is 3.19. The molecule has 1 rings (SSSR count). The van der Waals surface area contributed by atoms with Crippen LogP contribution in [0, 0.1) is 0 Å². The largest absolute Gasteiger partial charge is 0.480 e. The number of amides is 1. The highest BCUT2D eigenvalue weighted by Gasteiger charge is 2.34. The molecule has 0 unspecified atom stereocenters. The van der Waals surface area contributed by atoms with Crippen LogP contribution in [0.2, 0.25) is 0 Å². The predicted octanol–water partition coefficient (Wildman–Crippen LogP) is -0.893. The van der Waals surface area contributed by atoms with Crippen LogP contribution >= 0.6 is 0 Å². The quantitative estimate of drug-likeness (QED) is 0.685. The summed E-state index contributed by atoms with van der Waals surface area (Å²) in [5, 5.41) is 8.79. The lowest BCUT2D eigenvalue weighted by molar-refractivity contribution is -0.147. The Balaban J connectivity index is 2.71. The van der Waals surface area contributed by atoms with E-state index in [1.54, 1.807) is 0 Å². The van der Waals surface area contributed by atoms with E-state index in [-0.39, 0.29) is 0 Å². The monoisotopic (exact) mass is 235 g/mol. The first-order valence-corrected chi connectivity index (χ1v) is 6.57. The van der Waals surface area contributed by atoms with Crippen molar-refractivity contribution in [2.45, 2.75) is 18.9 Å². The Labute approximate surface area is 87.8 Å². The number of carboxylic acid groups (broad SMARTS) is 1. The minimum atomic E-state index is -3.39. The van der Waals surface area contributed by atoms with Crippen molar-refractivity contribution < 1.29 is 23.1 Å². The average molecular weight is 235 g/mol. The van der Waals surface area contributed by atoms with Gasteiger partial charge in [0.05, 0.1) is 0 Å². The van der Waals surface area contributed by atoms with Crippen molar-refractivity contribution in [1.29, 1.82) is 0 Å². The molecule has 0 bridgehead atoms. The number of sulfone groups is 1. The number of rotatable bonds is 3. The Morgan fingerprint density at radius 1 is 1.47 bits per heavy atom. The third-order valence-corrected chi connectivity index (χ3v) is 3.02. The highest BCUT2D eigenvalue weighted by Crippen LogP contribution is 2.17. The van der Waals surface area contributed by atoms with Gasteiger partial charge in [-0.15, -0.1) is 0 Å². The molecule has 0 aliphatic carbocycles. The Hall–Kier alpha value is -1.11. The highest BCUT2D eigenvalue weighted by atomic mass is 32.2. The molecule has 1 fully saturated rings. The van der Waals surface area contributed by atoms with E-state index >= 15 is 0 Å². The van der Waals surface area contributed by atoms with Gasteiger partial charge in [-0.2, -0.15) is 0 Å². The lowest BCUT2D eigenvalue weighted by Crippen LogP contribution is -2.43. The summed E-state index contributed by atoms with van der Waals surface area (Å²) < 4.78 is 21.8. The molecular weight excluding hydrogens is 222 g/mol. The normalized spacial score (nSPS) is 21.7. The van der Waals surface area contributed by atoms with E-state index in [4.69, 9.17) is 5.11 Å². The Morgan fingerprint density at radius 3 is 2.53 bits per heavy atom. The van der Waals surface area contributed by atoms with Gasteiger partial charge >= 0.3 is 5.97 Å². The molecule has 86 valence electrons. The number of carbonyl (C=O) groups excluding carboxylic acids is 1. The number of aliphatic carboxylic acids is 1. The van der Waals surface area contributed by atoms with E-state index in [0.717, 1.165) is 11.2 Å². The van der Waals surface area contributed by atoms with Crippen LogP contribution in [-0.4, -0.2) is 54.9 Å². The van der Waals surface area contributed by atoms with Gasteiger partial charge in [-0.3, -0.25) is 4.79 Å². The minimum Gasteiger partial charge on any atom is -0.480 e. The predicted molar refractivity (Wildman–Crippen MR) is 52.1 cm³/mol. The van der Waals surface area contributed by atoms with Gasteiger partial charge in [0.1, 0.15) is 11.8 Å². The van der Waals surface area contributed by atoms with Crippen molar-refractivity contribution in [3.63, 3.8) is 0 Å². The lowest BCUT2D eigenvalue weighted by atomic mass is 10.2. The van der Waals surface area contributed by atoms with Crippen LogP contribution in [0.3, 0.4) is 0 Å². The third-order valence-electron chi connectivity index (χ3n) is 2.24. The van der Waals surface area contributed by atoms with Gasteiger partial charge in [-0.1, -0.05) is 0 Å². The Bertz CT molecular complexity index is 374. The maximum Gasteiger partial charge on any atom is 0.326 e. The first-order chi connectivity index (χ1) is 6.81. The summed E-state index contributed by atoms with van der Waals surface area (Å²) in [7, 11) is -3.39. The molecule has 0 aromatic rings. The van der Waals surface area contributed by atoms with E-state index in [9.17, 15) is 18.0 Å². The van der Waals surface area contributed by atoms with Crippen molar-refractivity contribution in [3.8, 4) is 0 Å². The molecule has 1 heterocycles. The molecule has 0 spiro atoms. The summed E-state index contributed by atoms with van der Waals surface area (Å²) in [4.78, 5) is 23.3. The van der Waals surface area contributed by atoms with Gasteiger partial charge in [0, 0.05) is 12.8 Å². The van der Waals surface area contributed by atoms with Crippen molar-refractivity contribution in [3.05, 3.63) is 0 Å². The number of carbonyl (C=O) groups is 2. The van der Waals surface area contributed by atoms with Gasteiger partial charge in [-0.25, -0.2) is 13.2 Å². The second-order valence-electron chi connectivity index (χ2n) is 3.65. The van der Waals surface area contributed by atoms with E-state index in [1.807, 2.05) is 0 Å². The summed E-state index contributed by atoms with van der Waals surface area (Å²) in [5.41, 5.74) is 0. The zero-order valence-corrected chi connectivity index (χ0v) is 9.16. The first kappa shape index (κ1) is 12.0. The molecule has 7 heteroatoms. The zero-order chi connectivity index (χ0) is 11.6. The van der Waals surface area contributed by atoms with Gasteiger partial charge < -0.3 is 10.0 Å². The fourth-order valence-corrected chi connectivity index (χ4v) is 2.24. The Morgan fingerprint density at radius 2 is 2.07 bits per heavy atom. The Kier molecular flexibility index (Phi) is 3.33. The molecule has 1 aliphatic rings. The maximum atomic E-state index is 11.5. The van der Waals surface area contributed by atoms with Crippen molar-refractivity contribution in [1.82, 2.24) is 4.90 Å². The molecule has 0 radical (unpaired) electrons. The smallest absolute Gasteiger partial charge is 0.326 e. The molecule has 0 aromatic heterocycles. The molecule has 1 saturated heterocycles. The van der Waals surface area contributed by atoms with Crippen LogP contribution in [0.4, 0.5) is 0 Å². The maximum absolute atomic E-state index is 11.5. The fourth-order valence-electron chi connectivity index (χ4n) is 1.63. The molecule has 1 N–H and O–H groups in total. The van der Waals surface area contributed by atoms with Crippen LogP contribution in [0.25, 0.3) is 0 Å². The van der Waals surface area contributed by atoms with Gasteiger partial charge in [0.15, 0.2) is 9.84 Å². The zero-order valence-electron chi connectivity index (χ0n) is 8.34. The molecule has 1 atom stereocenters. The molecule has 0 aromatic carbocycles. The molecule has 1 aliphatic heterocycles. The number of carboxylic acids is 1. The van der Waals surface area contributed by atoms with Crippen molar-refractivity contribution in [2.24, 2.45) is 0 Å². The number of hydrogen-bond donors (Lipinski definition) is 1. The van der Waals surface area contributed by atoms with Crippen molar-refractivity contribution >= 4 is 21.7 Å². The summed E-state index contributed by atoms with van der Waals surface area (Å²) in [5.74, 6) is -2.31. The van der Waals surface area contributed by atoms with Gasteiger partial charge in [0.25, 0.3) is 0 Å². The summed E-state index contributed by atoms with van der Waals surface area (Å²) in [6.45, 7) is 0.325. The van der Waals surface area contributed by atoms with Crippen LogP contribution < -0.4 is 0 Å². The molecule has 6 nitrogen and oxygen atoms in total. The summed E-state index contributed by atoms with van der Waals surface area (Å²) >= 11 is 0. The van der Waals surface area contributed by atoms with Crippen LogP contribution in [0.5, 0.6) is 0 Å². The van der Waals surface area contributed by atoms with E-state index in [2.05, 4.69) is 0 Å². The molecule has 15 heavy (non-hydrogen) atoms. The second-order valence-corrected chi connectivity index (χ2v) is 5.79. The number of hydrogen-bond acceptors (Lipinski definition) is 4. The van der Waals surface area contributed by atoms with E-state index in [0.29, 0.717) is 19.4 Å². The van der Waals surface area contributed by atoms with Crippen LogP contribution in [-0.2, 0) is 19.4 Å². The summed E-state index contributed by atoms with van der Waals surface area (Å²) in [6.07, 6.45) is 1.95.